The molecule has 1 aromatic heterocycles. The van der Waals surface area contributed by atoms with Gasteiger partial charge in [0.25, 0.3) is 5.91 Å². The first kappa shape index (κ1) is 9.00. The lowest BCUT2D eigenvalue weighted by Crippen LogP contribution is -2.13. The van der Waals surface area contributed by atoms with Gasteiger partial charge >= 0.3 is 0 Å². The molecule has 2 N–H and O–H groups in total. The van der Waals surface area contributed by atoms with Crippen molar-refractivity contribution in [2.45, 2.75) is 13.8 Å². The van der Waals surface area contributed by atoms with E-state index in [4.69, 9.17) is 17.3 Å². The van der Waals surface area contributed by atoms with Crippen LogP contribution < -0.4 is 5.73 Å². The summed E-state index contributed by atoms with van der Waals surface area (Å²) in [5.74, 6) is -0.498. The molecule has 64 valence electrons. The molecule has 0 aliphatic carbocycles. The van der Waals surface area contributed by atoms with Crippen molar-refractivity contribution in [1.29, 1.82) is 0 Å². The predicted octanol–water partition coefficient (Wildman–Crippen LogP) is 1.45. The zero-order chi connectivity index (χ0) is 9.30. The Hall–Kier alpha value is -1.09. The van der Waals surface area contributed by atoms with E-state index >= 15 is 0 Å². The fourth-order valence-electron chi connectivity index (χ4n) is 0.953. The third-order valence-corrected chi connectivity index (χ3v) is 2.26. The average molecular weight is 185 g/mol. The second kappa shape index (κ2) is 3.11. The maximum atomic E-state index is 10.8. The van der Waals surface area contributed by atoms with Gasteiger partial charge in [0.1, 0.15) is 0 Å². The zero-order valence-electron chi connectivity index (χ0n) is 6.89. The van der Waals surface area contributed by atoms with Crippen LogP contribution in [0.1, 0.15) is 21.6 Å². The number of primary amides is 1. The number of nitrogens with two attached hydrogens (primary N) is 1. The molecule has 0 aliphatic rings. The molecule has 0 aromatic carbocycles. The van der Waals surface area contributed by atoms with Gasteiger partial charge < -0.3 is 5.73 Å². The van der Waals surface area contributed by atoms with Gasteiger partial charge in [-0.15, -0.1) is 0 Å². The molecule has 0 spiro atoms. The predicted molar refractivity (Wildman–Crippen MR) is 47.2 cm³/mol. The average Bonchev–Trinajstić information content (AvgIpc) is 2.00. The molecular formula is C8H9ClN2O. The first-order valence-corrected chi connectivity index (χ1v) is 3.83. The minimum absolute atomic E-state index is 0.380. The molecule has 0 aliphatic heterocycles. The highest BCUT2D eigenvalue weighted by Crippen LogP contribution is 2.20. The largest absolute Gasteiger partial charge is 0.366 e. The highest BCUT2D eigenvalue weighted by Gasteiger charge is 2.09. The van der Waals surface area contributed by atoms with Gasteiger partial charge in [0.05, 0.1) is 16.3 Å². The molecular weight excluding hydrogens is 176 g/mol. The molecule has 0 saturated heterocycles. The Kier molecular flexibility index (Phi) is 2.33. The van der Waals surface area contributed by atoms with Gasteiger partial charge in [-0.1, -0.05) is 11.6 Å². The molecule has 0 atom stereocenters. The maximum Gasteiger partial charge on any atom is 0.250 e. The number of hydrogen-bond acceptors (Lipinski definition) is 2. The molecule has 0 unspecified atom stereocenters. The van der Waals surface area contributed by atoms with E-state index in [0.29, 0.717) is 21.8 Å². The number of aryl methyl sites for hydroxylation is 1. The number of pyridine rings is 1. The Morgan fingerprint density at radius 2 is 2.17 bits per heavy atom. The summed E-state index contributed by atoms with van der Waals surface area (Å²) in [4.78, 5) is 14.7. The normalized spacial score (nSPS) is 9.92. The number of carbonyl (C=O) groups is 1. The van der Waals surface area contributed by atoms with Crippen molar-refractivity contribution >= 4 is 17.5 Å². The van der Waals surface area contributed by atoms with Gasteiger partial charge in [0, 0.05) is 6.20 Å². The molecule has 1 heterocycles. The molecule has 0 bridgehead atoms. The van der Waals surface area contributed by atoms with Crippen LogP contribution in [0.3, 0.4) is 0 Å². The molecule has 1 rings (SSSR count). The van der Waals surface area contributed by atoms with Crippen molar-refractivity contribution in [3.05, 3.63) is 28.0 Å². The Morgan fingerprint density at radius 3 is 2.67 bits per heavy atom. The lowest BCUT2D eigenvalue weighted by atomic mass is 10.1. The second-order valence-corrected chi connectivity index (χ2v) is 2.94. The van der Waals surface area contributed by atoms with E-state index in [1.165, 1.54) is 6.20 Å². The summed E-state index contributed by atoms with van der Waals surface area (Å²) in [5, 5.41) is 0.506. The zero-order valence-corrected chi connectivity index (χ0v) is 7.64. The van der Waals surface area contributed by atoms with Gasteiger partial charge in [-0.25, -0.2) is 0 Å². The van der Waals surface area contributed by atoms with Crippen LogP contribution in [0.5, 0.6) is 0 Å². The fourth-order valence-corrected chi connectivity index (χ4v) is 1.10. The van der Waals surface area contributed by atoms with Crippen molar-refractivity contribution in [1.82, 2.24) is 4.98 Å². The minimum atomic E-state index is -0.498. The van der Waals surface area contributed by atoms with Crippen molar-refractivity contribution < 1.29 is 4.79 Å². The molecule has 3 nitrogen and oxygen atoms in total. The smallest absolute Gasteiger partial charge is 0.250 e. The van der Waals surface area contributed by atoms with Gasteiger partial charge in [-0.3, -0.25) is 9.78 Å². The SMILES string of the molecule is Cc1ncc(C(N)=O)c(C)c1Cl. The van der Waals surface area contributed by atoms with Gasteiger partial charge in [0.2, 0.25) is 0 Å². The number of nitrogens with zero attached hydrogens (tertiary/aromatic N) is 1. The summed E-state index contributed by atoms with van der Waals surface area (Å²) in [6.45, 7) is 3.53. The van der Waals surface area contributed by atoms with Crippen molar-refractivity contribution in [3.63, 3.8) is 0 Å². The molecule has 0 saturated carbocycles. The number of carbonyl (C=O) groups excluding carboxylic acids is 1. The fraction of sp³-hybridized carbons (Fsp3) is 0.250. The van der Waals surface area contributed by atoms with Gasteiger partial charge in [-0.05, 0) is 19.4 Å². The van der Waals surface area contributed by atoms with Crippen molar-refractivity contribution in [3.8, 4) is 0 Å². The van der Waals surface area contributed by atoms with E-state index in [1.807, 2.05) is 0 Å². The van der Waals surface area contributed by atoms with Crippen LogP contribution in [-0.4, -0.2) is 10.9 Å². The van der Waals surface area contributed by atoms with Crippen LogP contribution in [0.25, 0.3) is 0 Å². The van der Waals surface area contributed by atoms with Crippen molar-refractivity contribution in [2.24, 2.45) is 5.73 Å². The second-order valence-electron chi connectivity index (χ2n) is 2.56. The lowest BCUT2D eigenvalue weighted by molar-refractivity contribution is 0.0999. The number of aromatic nitrogens is 1. The third-order valence-electron chi connectivity index (χ3n) is 1.70. The van der Waals surface area contributed by atoms with Gasteiger partial charge in [0.15, 0.2) is 0 Å². The standard InChI is InChI=1S/C8H9ClN2O/c1-4-6(8(10)12)3-11-5(2)7(4)9/h3H,1-2H3,(H2,10,12). The van der Waals surface area contributed by atoms with E-state index in [1.54, 1.807) is 13.8 Å². The third kappa shape index (κ3) is 1.41. The van der Waals surface area contributed by atoms with E-state index in [-0.39, 0.29) is 0 Å². The monoisotopic (exact) mass is 184 g/mol. The Balaban J connectivity index is 3.36. The highest BCUT2D eigenvalue weighted by atomic mass is 35.5. The first-order chi connectivity index (χ1) is 5.54. The van der Waals surface area contributed by atoms with E-state index in [2.05, 4.69) is 4.98 Å². The van der Waals surface area contributed by atoms with E-state index in [0.717, 1.165) is 0 Å². The molecule has 0 fully saturated rings. The maximum absolute atomic E-state index is 10.8. The summed E-state index contributed by atoms with van der Waals surface area (Å²) in [6.07, 6.45) is 1.44. The quantitative estimate of drug-likeness (QED) is 0.718. The Labute approximate surface area is 75.6 Å². The van der Waals surface area contributed by atoms with Crippen LogP contribution in [0.2, 0.25) is 5.02 Å². The van der Waals surface area contributed by atoms with Crippen LogP contribution in [0, 0.1) is 13.8 Å². The lowest BCUT2D eigenvalue weighted by Gasteiger charge is -2.04. The summed E-state index contributed by atoms with van der Waals surface area (Å²) in [7, 11) is 0. The van der Waals surface area contributed by atoms with Gasteiger partial charge in [-0.2, -0.15) is 0 Å². The Morgan fingerprint density at radius 1 is 1.58 bits per heavy atom. The van der Waals surface area contributed by atoms with Crippen LogP contribution in [0.15, 0.2) is 6.20 Å². The number of amides is 1. The molecule has 0 radical (unpaired) electrons. The molecule has 4 heteroatoms. The highest BCUT2D eigenvalue weighted by molar-refractivity contribution is 6.32. The van der Waals surface area contributed by atoms with Crippen LogP contribution >= 0.6 is 11.6 Å². The summed E-state index contributed by atoms with van der Waals surface area (Å²) in [5.41, 5.74) is 6.88. The molecule has 1 amide bonds. The van der Waals surface area contributed by atoms with E-state index in [9.17, 15) is 4.79 Å². The first-order valence-electron chi connectivity index (χ1n) is 3.45. The summed E-state index contributed by atoms with van der Waals surface area (Å²) < 4.78 is 0. The minimum Gasteiger partial charge on any atom is -0.366 e. The van der Waals surface area contributed by atoms with Crippen LogP contribution in [-0.2, 0) is 0 Å². The molecule has 12 heavy (non-hydrogen) atoms. The summed E-state index contributed by atoms with van der Waals surface area (Å²) in [6, 6.07) is 0. The van der Waals surface area contributed by atoms with Crippen molar-refractivity contribution in [2.75, 3.05) is 0 Å². The number of rotatable bonds is 1. The topological polar surface area (TPSA) is 56.0 Å². The summed E-state index contributed by atoms with van der Waals surface area (Å²) >= 11 is 5.86. The van der Waals surface area contributed by atoms with Crippen LogP contribution in [0.4, 0.5) is 0 Å². The number of halogens is 1. The molecule has 1 aromatic rings. The van der Waals surface area contributed by atoms with E-state index < -0.39 is 5.91 Å². The Bertz CT molecular complexity index is 336. The number of hydrogen-bond donors (Lipinski definition) is 1.